The first-order valence-corrected chi connectivity index (χ1v) is 13.7. The molecular weight excluding hydrogens is 458 g/mol. The van der Waals surface area contributed by atoms with Crippen molar-refractivity contribution in [1.29, 1.82) is 0 Å². The van der Waals surface area contributed by atoms with Gasteiger partial charge in [0, 0.05) is 25.7 Å². The van der Waals surface area contributed by atoms with E-state index >= 15 is 0 Å². The summed E-state index contributed by atoms with van der Waals surface area (Å²) >= 11 is 0. The lowest BCUT2D eigenvalue weighted by molar-refractivity contribution is -0.148. The van der Waals surface area contributed by atoms with Crippen molar-refractivity contribution in [1.82, 2.24) is 15.5 Å². The molecule has 3 aliphatic heterocycles. The molecule has 3 heterocycles. The molecule has 2 bridgehead atoms. The minimum absolute atomic E-state index is 0.0703. The predicted molar refractivity (Wildman–Crippen MR) is 134 cm³/mol. The van der Waals surface area contributed by atoms with Crippen molar-refractivity contribution >= 4 is 17.7 Å². The lowest BCUT2D eigenvalue weighted by Gasteiger charge is -2.35. The van der Waals surface area contributed by atoms with Crippen LogP contribution in [0.1, 0.15) is 70.3 Å². The average molecular weight is 498 g/mol. The summed E-state index contributed by atoms with van der Waals surface area (Å²) in [6.45, 7) is 2.59. The summed E-state index contributed by atoms with van der Waals surface area (Å²) in [4.78, 5) is 43.0. The number of carbonyl (C=O) groups excluding carboxylic acids is 3. The molecule has 2 unspecified atom stereocenters. The number of nitrogens with zero attached hydrogens (tertiary/aromatic N) is 1. The second kappa shape index (κ2) is 10.1. The fourth-order valence-electron chi connectivity index (χ4n) is 7.32. The van der Waals surface area contributed by atoms with Crippen molar-refractivity contribution in [2.75, 3.05) is 13.2 Å². The van der Waals surface area contributed by atoms with Crippen molar-refractivity contribution in [3.63, 3.8) is 0 Å². The van der Waals surface area contributed by atoms with E-state index in [0.717, 1.165) is 31.2 Å². The number of ether oxygens (including phenoxy) is 1. The van der Waals surface area contributed by atoms with E-state index in [9.17, 15) is 19.5 Å². The molecule has 4 aliphatic rings. The molecular formula is C28H39N3O5. The number of benzene rings is 1. The number of carbonyl (C=O) groups is 3. The number of fused-ring (bicyclic) bond motifs is 1. The summed E-state index contributed by atoms with van der Waals surface area (Å²) in [7, 11) is 0. The lowest BCUT2D eigenvalue weighted by atomic mass is 9.65. The van der Waals surface area contributed by atoms with Crippen LogP contribution in [0.25, 0.3) is 0 Å². The molecule has 1 aromatic carbocycles. The third-order valence-corrected chi connectivity index (χ3v) is 9.03. The summed E-state index contributed by atoms with van der Waals surface area (Å²) in [6, 6.07) is 9.04. The van der Waals surface area contributed by atoms with Gasteiger partial charge in [0.25, 0.3) is 0 Å². The van der Waals surface area contributed by atoms with Gasteiger partial charge in [-0.05, 0) is 44.1 Å². The normalized spacial score (nSPS) is 33.6. The Kier molecular flexibility index (Phi) is 7.10. The second-order valence-electron chi connectivity index (χ2n) is 11.0. The highest BCUT2D eigenvalue weighted by Gasteiger charge is 2.78. The Balaban J connectivity index is 1.43. The SMILES string of the molecule is CC[C@]12CCC3(O1)C(C(=O)NC1CCCCC1)N(CCCO)C(=O)[C@@H]3[C@H]2C(=O)NCc1ccccc1. The quantitative estimate of drug-likeness (QED) is 0.485. The van der Waals surface area contributed by atoms with Gasteiger partial charge in [-0.25, -0.2) is 0 Å². The van der Waals surface area contributed by atoms with Crippen molar-refractivity contribution in [3.05, 3.63) is 35.9 Å². The van der Waals surface area contributed by atoms with Crippen LogP contribution in [0.2, 0.25) is 0 Å². The summed E-state index contributed by atoms with van der Waals surface area (Å²) in [6.07, 6.45) is 7.49. The standard InChI is InChI=1S/C28H39N3O5/c1-2-27-14-15-28(36-27)22(21(27)24(33)29-18-19-10-5-3-6-11-19)26(35)31(16-9-17-32)23(28)25(34)30-20-12-7-4-8-13-20/h3,5-6,10-11,20-23,32H,2,4,7-9,12-18H2,1H3,(H,29,33)(H,30,34)/t21-,22-,23?,27+,28?/m0/s1. The van der Waals surface area contributed by atoms with Crippen molar-refractivity contribution in [2.45, 2.75) is 94.5 Å². The van der Waals surface area contributed by atoms with Gasteiger partial charge >= 0.3 is 0 Å². The molecule has 5 atom stereocenters. The minimum Gasteiger partial charge on any atom is -0.396 e. The molecule has 1 aromatic rings. The molecule has 196 valence electrons. The van der Waals surface area contributed by atoms with Gasteiger partial charge in [0.2, 0.25) is 17.7 Å². The van der Waals surface area contributed by atoms with Gasteiger partial charge in [0.15, 0.2) is 0 Å². The number of hydrogen-bond acceptors (Lipinski definition) is 5. The topological polar surface area (TPSA) is 108 Å². The first-order chi connectivity index (χ1) is 17.5. The monoisotopic (exact) mass is 497 g/mol. The first kappa shape index (κ1) is 25.2. The van der Waals surface area contributed by atoms with Gasteiger partial charge in [-0.2, -0.15) is 0 Å². The van der Waals surface area contributed by atoms with Crippen LogP contribution in [0, 0.1) is 11.8 Å². The molecule has 8 nitrogen and oxygen atoms in total. The highest BCUT2D eigenvalue weighted by atomic mass is 16.5. The zero-order valence-corrected chi connectivity index (χ0v) is 21.2. The van der Waals surface area contributed by atoms with E-state index in [1.165, 1.54) is 6.42 Å². The summed E-state index contributed by atoms with van der Waals surface area (Å²) in [5.74, 6) is -1.88. The molecule has 3 N–H and O–H groups in total. The van der Waals surface area contributed by atoms with Crippen LogP contribution in [0.3, 0.4) is 0 Å². The number of rotatable bonds is 9. The fraction of sp³-hybridized carbons (Fsp3) is 0.679. The van der Waals surface area contributed by atoms with Gasteiger partial charge in [-0.1, -0.05) is 56.5 Å². The van der Waals surface area contributed by atoms with Crippen LogP contribution < -0.4 is 10.6 Å². The molecule has 1 aliphatic carbocycles. The largest absolute Gasteiger partial charge is 0.396 e. The number of hydrogen-bond donors (Lipinski definition) is 3. The predicted octanol–water partition coefficient (Wildman–Crippen LogP) is 2.29. The maximum absolute atomic E-state index is 13.9. The molecule has 5 rings (SSSR count). The van der Waals surface area contributed by atoms with Crippen LogP contribution in [0.4, 0.5) is 0 Å². The van der Waals surface area contributed by atoms with E-state index in [4.69, 9.17) is 4.74 Å². The lowest BCUT2D eigenvalue weighted by Crippen LogP contribution is -2.57. The van der Waals surface area contributed by atoms with E-state index in [0.29, 0.717) is 32.2 Å². The Hall–Kier alpha value is -2.45. The van der Waals surface area contributed by atoms with E-state index in [1.54, 1.807) is 4.90 Å². The summed E-state index contributed by atoms with van der Waals surface area (Å²) in [5, 5.41) is 15.8. The third kappa shape index (κ3) is 4.12. The molecule has 1 saturated carbocycles. The molecule has 3 saturated heterocycles. The summed E-state index contributed by atoms with van der Waals surface area (Å²) in [5.41, 5.74) is -0.758. The zero-order valence-electron chi connectivity index (χ0n) is 21.2. The molecule has 8 heteroatoms. The highest BCUT2D eigenvalue weighted by Crippen LogP contribution is 2.64. The number of amides is 3. The van der Waals surface area contributed by atoms with Crippen LogP contribution in [0.5, 0.6) is 0 Å². The van der Waals surface area contributed by atoms with Gasteiger partial charge in [-0.15, -0.1) is 0 Å². The van der Waals surface area contributed by atoms with Crippen LogP contribution >= 0.6 is 0 Å². The molecule has 4 fully saturated rings. The average Bonchev–Trinajstić information content (AvgIpc) is 3.50. The first-order valence-electron chi connectivity index (χ1n) is 13.7. The smallest absolute Gasteiger partial charge is 0.246 e. The minimum atomic E-state index is -1.00. The third-order valence-electron chi connectivity index (χ3n) is 9.03. The Labute approximate surface area is 213 Å². The Morgan fingerprint density at radius 3 is 2.56 bits per heavy atom. The van der Waals surface area contributed by atoms with Gasteiger partial charge in [0.1, 0.15) is 11.6 Å². The van der Waals surface area contributed by atoms with E-state index in [-0.39, 0.29) is 36.9 Å². The van der Waals surface area contributed by atoms with Gasteiger partial charge in [0.05, 0.1) is 17.4 Å². The number of aliphatic hydroxyl groups is 1. The van der Waals surface area contributed by atoms with Gasteiger partial charge in [-0.3, -0.25) is 14.4 Å². The van der Waals surface area contributed by atoms with Crippen molar-refractivity contribution in [3.8, 4) is 0 Å². The Bertz CT molecular complexity index is 981. The Morgan fingerprint density at radius 1 is 1.11 bits per heavy atom. The Morgan fingerprint density at radius 2 is 1.86 bits per heavy atom. The van der Waals surface area contributed by atoms with Crippen LogP contribution in [0.15, 0.2) is 30.3 Å². The fourth-order valence-corrected chi connectivity index (χ4v) is 7.32. The van der Waals surface area contributed by atoms with E-state index < -0.39 is 29.1 Å². The molecule has 3 amide bonds. The summed E-state index contributed by atoms with van der Waals surface area (Å²) < 4.78 is 6.76. The van der Waals surface area contributed by atoms with Crippen LogP contribution in [-0.2, 0) is 25.7 Å². The molecule has 1 spiro atoms. The van der Waals surface area contributed by atoms with Crippen LogP contribution in [-0.4, -0.2) is 64.2 Å². The van der Waals surface area contributed by atoms with E-state index in [2.05, 4.69) is 10.6 Å². The second-order valence-corrected chi connectivity index (χ2v) is 11.0. The molecule has 0 aromatic heterocycles. The zero-order chi connectivity index (χ0) is 25.3. The van der Waals surface area contributed by atoms with E-state index in [1.807, 2.05) is 37.3 Å². The van der Waals surface area contributed by atoms with Crippen molar-refractivity contribution < 1.29 is 24.2 Å². The highest BCUT2D eigenvalue weighted by molar-refractivity contribution is 5.99. The van der Waals surface area contributed by atoms with Gasteiger partial charge < -0.3 is 25.4 Å². The maximum atomic E-state index is 13.9. The number of nitrogens with one attached hydrogen (secondary N) is 2. The molecule has 0 radical (unpaired) electrons. The molecule has 36 heavy (non-hydrogen) atoms. The van der Waals surface area contributed by atoms with Crippen molar-refractivity contribution in [2.24, 2.45) is 11.8 Å². The maximum Gasteiger partial charge on any atom is 0.246 e. The number of aliphatic hydroxyl groups excluding tert-OH is 1. The number of likely N-dealkylation sites (tertiary alicyclic amines) is 1.